The van der Waals surface area contributed by atoms with Gasteiger partial charge >= 0.3 is 6.03 Å². The number of hydrogen-bond donors (Lipinski definition) is 1. The highest BCUT2D eigenvalue weighted by Crippen LogP contribution is 2.17. The highest BCUT2D eigenvalue weighted by atomic mass is 32.2. The molecule has 2 fully saturated rings. The first kappa shape index (κ1) is 15.6. The first-order chi connectivity index (χ1) is 9.41. The Hall–Kier alpha value is -0.820. The maximum absolute atomic E-state index is 12.1. The molecule has 116 valence electrons. The van der Waals surface area contributed by atoms with Gasteiger partial charge in [-0.1, -0.05) is 6.92 Å². The monoisotopic (exact) mass is 303 g/mol. The quantitative estimate of drug-likeness (QED) is 0.803. The SMILES string of the molecule is CCN1CC[C@H](CNC(=O)N(C)[C@@H]2CCS(=O)(=O)C2)C1. The van der Waals surface area contributed by atoms with Crippen LogP contribution in [-0.2, 0) is 9.84 Å². The van der Waals surface area contributed by atoms with Gasteiger partial charge in [0.05, 0.1) is 11.5 Å². The smallest absolute Gasteiger partial charge is 0.317 e. The van der Waals surface area contributed by atoms with Gasteiger partial charge in [0.25, 0.3) is 0 Å². The van der Waals surface area contributed by atoms with Crippen LogP contribution in [0.15, 0.2) is 0 Å². The fourth-order valence-electron chi connectivity index (χ4n) is 2.97. The summed E-state index contributed by atoms with van der Waals surface area (Å²) in [5.41, 5.74) is 0. The molecule has 0 aromatic heterocycles. The molecule has 0 spiro atoms. The number of carbonyl (C=O) groups is 1. The van der Waals surface area contributed by atoms with Crippen LogP contribution in [0.4, 0.5) is 4.79 Å². The van der Waals surface area contributed by atoms with E-state index in [2.05, 4.69) is 17.1 Å². The molecule has 0 bridgehead atoms. The molecular formula is C13H25N3O3S. The largest absolute Gasteiger partial charge is 0.338 e. The molecule has 0 aromatic carbocycles. The third-order valence-electron chi connectivity index (χ3n) is 4.44. The number of carbonyl (C=O) groups excluding carboxylic acids is 1. The number of nitrogens with one attached hydrogen (secondary N) is 1. The maximum atomic E-state index is 12.1. The zero-order chi connectivity index (χ0) is 14.8. The van der Waals surface area contributed by atoms with Crippen molar-refractivity contribution in [1.29, 1.82) is 0 Å². The van der Waals surface area contributed by atoms with Crippen LogP contribution in [0.1, 0.15) is 19.8 Å². The Bertz CT molecular complexity index is 452. The molecule has 2 aliphatic rings. The molecule has 1 N–H and O–H groups in total. The van der Waals surface area contributed by atoms with E-state index in [1.165, 1.54) is 0 Å². The van der Waals surface area contributed by atoms with Crippen molar-refractivity contribution in [2.45, 2.75) is 25.8 Å². The molecule has 2 saturated heterocycles. The van der Waals surface area contributed by atoms with Crippen LogP contribution >= 0.6 is 0 Å². The summed E-state index contributed by atoms with van der Waals surface area (Å²) in [7, 11) is -1.26. The lowest BCUT2D eigenvalue weighted by molar-refractivity contribution is 0.193. The van der Waals surface area contributed by atoms with Crippen molar-refractivity contribution in [3.8, 4) is 0 Å². The Morgan fingerprint density at radius 2 is 2.15 bits per heavy atom. The second-order valence-electron chi connectivity index (χ2n) is 5.90. The zero-order valence-electron chi connectivity index (χ0n) is 12.3. The molecular weight excluding hydrogens is 278 g/mol. The Labute approximate surface area is 121 Å². The van der Waals surface area contributed by atoms with Crippen LogP contribution < -0.4 is 5.32 Å². The van der Waals surface area contributed by atoms with Gasteiger partial charge < -0.3 is 15.1 Å². The van der Waals surface area contributed by atoms with Crippen molar-refractivity contribution in [2.24, 2.45) is 5.92 Å². The van der Waals surface area contributed by atoms with Crippen LogP contribution in [0.3, 0.4) is 0 Å². The summed E-state index contributed by atoms with van der Waals surface area (Å²) in [6.45, 7) is 6.03. The standard InChI is InChI=1S/C13H25N3O3S/c1-3-16-6-4-11(9-16)8-14-13(17)15(2)12-5-7-20(18,19)10-12/h11-12H,3-10H2,1-2H3,(H,14,17)/t11-,12-/m1/s1. The molecule has 0 radical (unpaired) electrons. The zero-order valence-corrected chi connectivity index (χ0v) is 13.2. The summed E-state index contributed by atoms with van der Waals surface area (Å²) < 4.78 is 22.9. The maximum Gasteiger partial charge on any atom is 0.317 e. The van der Waals surface area contributed by atoms with E-state index in [4.69, 9.17) is 0 Å². The number of hydrogen-bond acceptors (Lipinski definition) is 4. The van der Waals surface area contributed by atoms with E-state index in [0.29, 0.717) is 18.9 Å². The lowest BCUT2D eigenvalue weighted by Crippen LogP contribution is -2.45. The first-order valence-corrected chi connectivity index (χ1v) is 9.17. The van der Waals surface area contributed by atoms with Crippen molar-refractivity contribution in [1.82, 2.24) is 15.1 Å². The highest BCUT2D eigenvalue weighted by Gasteiger charge is 2.33. The average Bonchev–Trinajstić information content (AvgIpc) is 3.01. The number of urea groups is 1. The normalized spacial score (nSPS) is 29.5. The minimum Gasteiger partial charge on any atom is -0.338 e. The summed E-state index contributed by atoms with van der Waals surface area (Å²) in [5, 5.41) is 2.94. The molecule has 6 nitrogen and oxygen atoms in total. The van der Waals surface area contributed by atoms with Gasteiger partial charge in [-0.2, -0.15) is 0 Å². The molecule has 0 aromatic rings. The lowest BCUT2D eigenvalue weighted by atomic mass is 10.1. The third-order valence-corrected chi connectivity index (χ3v) is 6.19. The van der Waals surface area contributed by atoms with Crippen molar-refractivity contribution in [3.05, 3.63) is 0 Å². The highest BCUT2D eigenvalue weighted by molar-refractivity contribution is 7.91. The summed E-state index contributed by atoms with van der Waals surface area (Å²) in [6.07, 6.45) is 1.68. The van der Waals surface area contributed by atoms with E-state index in [-0.39, 0.29) is 23.6 Å². The van der Waals surface area contributed by atoms with Crippen molar-refractivity contribution < 1.29 is 13.2 Å². The van der Waals surface area contributed by atoms with Gasteiger partial charge in [-0.3, -0.25) is 0 Å². The second kappa shape index (κ2) is 6.30. The van der Waals surface area contributed by atoms with E-state index < -0.39 is 9.84 Å². The van der Waals surface area contributed by atoms with Gasteiger partial charge in [-0.25, -0.2) is 13.2 Å². The molecule has 2 heterocycles. The molecule has 2 rings (SSSR count). The number of amides is 2. The molecule has 0 unspecified atom stereocenters. The minimum absolute atomic E-state index is 0.101. The summed E-state index contributed by atoms with van der Waals surface area (Å²) >= 11 is 0. The predicted molar refractivity (Wildman–Crippen MR) is 78.4 cm³/mol. The van der Waals surface area contributed by atoms with E-state index >= 15 is 0 Å². The third kappa shape index (κ3) is 3.85. The van der Waals surface area contributed by atoms with Crippen molar-refractivity contribution in [3.63, 3.8) is 0 Å². The second-order valence-corrected chi connectivity index (χ2v) is 8.13. The van der Waals surface area contributed by atoms with Crippen LogP contribution in [0.5, 0.6) is 0 Å². The van der Waals surface area contributed by atoms with Gasteiger partial charge in [-0.15, -0.1) is 0 Å². The number of rotatable bonds is 4. The molecule has 0 saturated carbocycles. The summed E-state index contributed by atoms with van der Waals surface area (Å²) in [4.78, 5) is 16.0. The van der Waals surface area contributed by atoms with Crippen LogP contribution in [0.2, 0.25) is 0 Å². The topological polar surface area (TPSA) is 69.7 Å². The molecule has 2 atom stereocenters. The number of nitrogens with zero attached hydrogens (tertiary/aromatic N) is 2. The minimum atomic E-state index is -2.94. The molecule has 0 aliphatic carbocycles. The van der Waals surface area contributed by atoms with Crippen LogP contribution in [0, 0.1) is 5.92 Å². The Morgan fingerprint density at radius 1 is 1.40 bits per heavy atom. The van der Waals surface area contributed by atoms with Crippen LogP contribution in [-0.4, -0.2) is 75.0 Å². The predicted octanol–water partition coefficient (Wildman–Crippen LogP) is 0.157. The van der Waals surface area contributed by atoms with Gasteiger partial charge in [0.2, 0.25) is 0 Å². The fourth-order valence-corrected chi connectivity index (χ4v) is 4.74. The van der Waals surface area contributed by atoms with E-state index in [9.17, 15) is 13.2 Å². The van der Waals surface area contributed by atoms with E-state index in [1.807, 2.05) is 0 Å². The number of likely N-dealkylation sites (tertiary alicyclic amines) is 1. The average molecular weight is 303 g/mol. The Kier molecular flexibility index (Phi) is 4.90. The molecule has 2 aliphatic heterocycles. The Morgan fingerprint density at radius 3 is 2.70 bits per heavy atom. The van der Waals surface area contributed by atoms with Crippen LogP contribution in [0.25, 0.3) is 0 Å². The van der Waals surface area contributed by atoms with Crippen molar-refractivity contribution >= 4 is 15.9 Å². The summed E-state index contributed by atoms with van der Waals surface area (Å²) in [6, 6.07) is -0.322. The first-order valence-electron chi connectivity index (χ1n) is 7.34. The lowest BCUT2D eigenvalue weighted by Gasteiger charge is -2.24. The fraction of sp³-hybridized carbons (Fsp3) is 0.923. The van der Waals surface area contributed by atoms with E-state index in [0.717, 1.165) is 26.1 Å². The molecule has 2 amide bonds. The van der Waals surface area contributed by atoms with Gasteiger partial charge in [0.15, 0.2) is 9.84 Å². The molecule has 20 heavy (non-hydrogen) atoms. The van der Waals surface area contributed by atoms with Gasteiger partial charge in [-0.05, 0) is 31.8 Å². The molecule has 7 heteroatoms. The summed E-state index contributed by atoms with van der Waals surface area (Å²) in [5.74, 6) is 0.812. The number of sulfone groups is 1. The van der Waals surface area contributed by atoms with Gasteiger partial charge in [0.1, 0.15) is 0 Å². The van der Waals surface area contributed by atoms with E-state index in [1.54, 1.807) is 11.9 Å². The Balaban J connectivity index is 1.75. The van der Waals surface area contributed by atoms with Crippen molar-refractivity contribution in [2.75, 3.05) is 44.7 Å². The van der Waals surface area contributed by atoms with Gasteiger partial charge in [0, 0.05) is 26.2 Å².